The molecule has 0 aromatic heterocycles. The van der Waals surface area contributed by atoms with Crippen LogP contribution in [0.1, 0.15) is 24.8 Å². The Morgan fingerprint density at radius 1 is 1.18 bits per heavy atom. The van der Waals surface area contributed by atoms with E-state index in [0.29, 0.717) is 25.6 Å². The molecule has 1 aliphatic heterocycles. The van der Waals surface area contributed by atoms with E-state index in [-0.39, 0.29) is 5.91 Å². The van der Waals surface area contributed by atoms with Gasteiger partial charge in [0.05, 0.1) is 13.2 Å². The zero-order valence-electron chi connectivity index (χ0n) is 13.5. The molecule has 2 rings (SSSR count). The summed E-state index contributed by atoms with van der Waals surface area (Å²) in [5, 5.41) is 0. The minimum absolute atomic E-state index is 0.280. The summed E-state index contributed by atoms with van der Waals surface area (Å²) >= 11 is 0. The fourth-order valence-electron chi connectivity index (χ4n) is 2.80. The van der Waals surface area contributed by atoms with Crippen molar-refractivity contribution >= 4 is 5.91 Å². The third-order valence-corrected chi connectivity index (χ3v) is 4.22. The molecule has 122 valence electrons. The van der Waals surface area contributed by atoms with E-state index in [0.717, 1.165) is 39.0 Å². The number of rotatable bonds is 8. The lowest BCUT2D eigenvalue weighted by Crippen LogP contribution is -2.39. The second kappa shape index (κ2) is 9.59. The molecule has 0 atom stereocenters. The quantitative estimate of drug-likeness (QED) is 0.693. The number of hydrogen-bond donors (Lipinski definition) is 0. The molecular weight excluding hydrogens is 278 g/mol. The summed E-state index contributed by atoms with van der Waals surface area (Å²) in [6.07, 6.45) is 3.53. The highest BCUT2D eigenvalue weighted by molar-refractivity contribution is 5.76. The number of hydrogen-bond acceptors (Lipinski definition) is 3. The van der Waals surface area contributed by atoms with Gasteiger partial charge in [-0.1, -0.05) is 30.3 Å². The molecule has 1 fully saturated rings. The molecule has 0 radical (unpaired) electrons. The first-order chi connectivity index (χ1) is 10.8. The van der Waals surface area contributed by atoms with Gasteiger partial charge in [-0.3, -0.25) is 4.79 Å². The molecule has 0 unspecified atom stereocenters. The molecule has 0 saturated carbocycles. The number of carbonyl (C=O) groups excluding carboxylic acids is 1. The first-order valence-electron chi connectivity index (χ1n) is 8.18. The molecule has 1 aliphatic rings. The summed E-state index contributed by atoms with van der Waals surface area (Å²) in [6, 6.07) is 10.2. The van der Waals surface area contributed by atoms with Crippen molar-refractivity contribution in [2.45, 2.75) is 25.7 Å². The third-order valence-electron chi connectivity index (χ3n) is 4.22. The first-order valence-corrected chi connectivity index (χ1v) is 8.18. The van der Waals surface area contributed by atoms with E-state index in [9.17, 15) is 4.79 Å². The van der Waals surface area contributed by atoms with Crippen molar-refractivity contribution < 1.29 is 14.3 Å². The summed E-state index contributed by atoms with van der Waals surface area (Å²) in [4.78, 5) is 14.3. The number of carbonyl (C=O) groups is 1. The van der Waals surface area contributed by atoms with E-state index in [1.165, 1.54) is 5.56 Å². The summed E-state index contributed by atoms with van der Waals surface area (Å²) in [7, 11) is 1.68. The van der Waals surface area contributed by atoms with E-state index in [4.69, 9.17) is 9.47 Å². The predicted octanol–water partition coefficient (Wildman–Crippen LogP) is 2.52. The Balaban J connectivity index is 1.62. The lowest BCUT2D eigenvalue weighted by molar-refractivity contribution is -0.132. The molecule has 1 aromatic carbocycles. The fourth-order valence-corrected chi connectivity index (χ4v) is 2.80. The number of nitrogens with zero attached hydrogens (tertiary/aromatic N) is 1. The first kappa shape index (κ1) is 17.0. The Morgan fingerprint density at radius 3 is 2.59 bits per heavy atom. The summed E-state index contributed by atoms with van der Waals surface area (Å²) in [5.74, 6) is 0.859. The van der Waals surface area contributed by atoms with Crippen molar-refractivity contribution in [1.29, 1.82) is 0 Å². The smallest absolute Gasteiger partial charge is 0.222 e. The zero-order valence-corrected chi connectivity index (χ0v) is 13.5. The normalized spacial score (nSPS) is 16.0. The van der Waals surface area contributed by atoms with E-state index in [1.807, 2.05) is 23.1 Å². The lowest BCUT2D eigenvalue weighted by Gasteiger charge is -2.32. The van der Waals surface area contributed by atoms with Gasteiger partial charge in [-0.25, -0.2) is 0 Å². The molecule has 4 nitrogen and oxygen atoms in total. The number of benzene rings is 1. The van der Waals surface area contributed by atoms with Gasteiger partial charge in [-0.15, -0.1) is 0 Å². The van der Waals surface area contributed by atoms with Crippen LogP contribution in [-0.4, -0.2) is 50.8 Å². The van der Waals surface area contributed by atoms with Gasteiger partial charge < -0.3 is 14.4 Å². The van der Waals surface area contributed by atoms with Crippen LogP contribution in [0.4, 0.5) is 0 Å². The Bertz CT molecular complexity index is 427. The summed E-state index contributed by atoms with van der Waals surface area (Å²) in [5.41, 5.74) is 1.23. The molecule has 22 heavy (non-hydrogen) atoms. The number of aryl methyl sites for hydroxylation is 1. The highest BCUT2D eigenvalue weighted by Gasteiger charge is 2.22. The van der Waals surface area contributed by atoms with Crippen molar-refractivity contribution in [3.8, 4) is 0 Å². The summed E-state index contributed by atoms with van der Waals surface area (Å²) < 4.78 is 10.6. The standard InChI is InChI=1S/C18H27NO3/c1-21-13-14-22-15-17-9-11-19(12-10-17)18(20)8-7-16-5-3-2-4-6-16/h2-6,17H,7-15H2,1H3. The van der Waals surface area contributed by atoms with Gasteiger partial charge in [-0.2, -0.15) is 0 Å². The van der Waals surface area contributed by atoms with Gasteiger partial charge in [0.15, 0.2) is 0 Å². The average molecular weight is 305 g/mol. The molecule has 1 heterocycles. The molecule has 0 N–H and O–H groups in total. The molecule has 0 spiro atoms. The van der Waals surface area contributed by atoms with Crippen LogP contribution < -0.4 is 0 Å². The van der Waals surface area contributed by atoms with E-state index in [2.05, 4.69) is 12.1 Å². The van der Waals surface area contributed by atoms with Gasteiger partial charge in [-0.05, 0) is 30.7 Å². The van der Waals surface area contributed by atoms with Crippen LogP contribution in [-0.2, 0) is 20.7 Å². The number of likely N-dealkylation sites (tertiary alicyclic amines) is 1. The van der Waals surface area contributed by atoms with Crippen molar-refractivity contribution in [3.05, 3.63) is 35.9 Å². The number of methoxy groups -OCH3 is 1. The molecular formula is C18H27NO3. The highest BCUT2D eigenvalue weighted by atomic mass is 16.5. The molecule has 1 amide bonds. The minimum atomic E-state index is 0.280. The largest absolute Gasteiger partial charge is 0.382 e. The minimum Gasteiger partial charge on any atom is -0.382 e. The molecule has 0 bridgehead atoms. The highest BCUT2D eigenvalue weighted by Crippen LogP contribution is 2.18. The SMILES string of the molecule is COCCOCC1CCN(C(=O)CCc2ccccc2)CC1. The monoisotopic (exact) mass is 305 g/mol. The van der Waals surface area contributed by atoms with Gasteiger partial charge in [0.25, 0.3) is 0 Å². The van der Waals surface area contributed by atoms with Crippen LogP contribution in [0.25, 0.3) is 0 Å². The second-order valence-corrected chi connectivity index (χ2v) is 5.88. The second-order valence-electron chi connectivity index (χ2n) is 5.88. The number of amides is 1. The van der Waals surface area contributed by atoms with E-state index in [1.54, 1.807) is 7.11 Å². The molecule has 1 saturated heterocycles. The molecule has 4 heteroatoms. The Hall–Kier alpha value is -1.39. The van der Waals surface area contributed by atoms with Crippen molar-refractivity contribution in [2.75, 3.05) is 40.0 Å². The number of ether oxygens (including phenoxy) is 2. The van der Waals surface area contributed by atoms with Crippen LogP contribution in [0.2, 0.25) is 0 Å². The van der Waals surface area contributed by atoms with Gasteiger partial charge in [0.2, 0.25) is 5.91 Å². The zero-order chi connectivity index (χ0) is 15.6. The predicted molar refractivity (Wildman–Crippen MR) is 86.8 cm³/mol. The average Bonchev–Trinajstić information content (AvgIpc) is 2.58. The van der Waals surface area contributed by atoms with E-state index < -0.39 is 0 Å². The maximum atomic E-state index is 12.3. The van der Waals surface area contributed by atoms with Crippen LogP contribution in [0.3, 0.4) is 0 Å². The molecule has 1 aromatic rings. The van der Waals surface area contributed by atoms with Crippen LogP contribution >= 0.6 is 0 Å². The number of piperidine rings is 1. The van der Waals surface area contributed by atoms with Gasteiger partial charge in [0.1, 0.15) is 0 Å². The van der Waals surface area contributed by atoms with Gasteiger partial charge in [0, 0.05) is 33.2 Å². The third kappa shape index (κ3) is 5.78. The van der Waals surface area contributed by atoms with Crippen LogP contribution in [0, 0.1) is 5.92 Å². The van der Waals surface area contributed by atoms with Crippen LogP contribution in [0.5, 0.6) is 0 Å². The fraction of sp³-hybridized carbons (Fsp3) is 0.611. The maximum absolute atomic E-state index is 12.3. The summed E-state index contributed by atoms with van der Waals surface area (Å²) in [6.45, 7) is 3.83. The van der Waals surface area contributed by atoms with Crippen molar-refractivity contribution in [1.82, 2.24) is 4.90 Å². The van der Waals surface area contributed by atoms with Crippen molar-refractivity contribution in [2.24, 2.45) is 5.92 Å². The topological polar surface area (TPSA) is 38.8 Å². The Morgan fingerprint density at radius 2 is 1.91 bits per heavy atom. The van der Waals surface area contributed by atoms with Gasteiger partial charge >= 0.3 is 0 Å². The van der Waals surface area contributed by atoms with Crippen molar-refractivity contribution in [3.63, 3.8) is 0 Å². The maximum Gasteiger partial charge on any atom is 0.222 e. The van der Waals surface area contributed by atoms with Crippen LogP contribution in [0.15, 0.2) is 30.3 Å². The Kier molecular flexibility index (Phi) is 7.40. The molecule has 0 aliphatic carbocycles. The van der Waals surface area contributed by atoms with E-state index >= 15 is 0 Å². The Labute approximate surface area is 133 Å². The lowest BCUT2D eigenvalue weighted by atomic mass is 9.97.